The average Bonchev–Trinajstić information content (AvgIpc) is 2.69. The zero-order chi connectivity index (χ0) is 19.6. The zero-order valence-electron chi connectivity index (χ0n) is 18.2. The molecule has 0 N–H and O–H groups in total. The maximum absolute atomic E-state index is 12.2. The molecule has 1 aromatic carbocycles. The van der Waals surface area contributed by atoms with E-state index in [0.717, 1.165) is 18.4 Å². The van der Waals surface area contributed by atoms with Gasteiger partial charge in [0.1, 0.15) is 0 Å². The fourth-order valence-electron chi connectivity index (χ4n) is 3.71. The van der Waals surface area contributed by atoms with Gasteiger partial charge in [0.05, 0.1) is 0 Å². The van der Waals surface area contributed by atoms with E-state index in [0.29, 0.717) is 12.2 Å². The number of unbranched alkanes of at least 4 members (excludes halogenated alkanes) is 13. The number of hydrogen-bond donors (Lipinski definition) is 0. The molecule has 0 amide bonds. The molecule has 0 atom stereocenters. The van der Waals surface area contributed by atoms with Crippen LogP contribution in [0.15, 0.2) is 24.3 Å². The van der Waals surface area contributed by atoms with Crippen LogP contribution >= 0.6 is 0 Å². The van der Waals surface area contributed by atoms with Crippen LogP contribution in [0.25, 0.3) is 0 Å². The van der Waals surface area contributed by atoms with Crippen molar-refractivity contribution in [3.05, 3.63) is 35.4 Å². The summed E-state index contributed by atoms with van der Waals surface area (Å²) in [6, 6.07) is 8.41. The minimum absolute atomic E-state index is 0.317. The van der Waals surface area contributed by atoms with Gasteiger partial charge < -0.3 is 0 Å². The Labute approximate surface area is 169 Å². The molecule has 0 saturated carbocycles. The second kappa shape index (κ2) is 17.0. The molecule has 0 aliphatic rings. The summed E-state index contributed by atoms with van der Waals surface area (Å²) in [5.74, 6) is 0.317. The van der Waals surface area contributed by atoms with Crippen molar-refractivity contribution in [1.82, 2.24) is 0 Å². The molecule has 27 heavy (non-hydrogen) atoms. The van der Waals surface area contributed by atoms with Crippen molar-refractivity contribution in [1.29, 1.82) is 0 Å². The molecular formula is C26H44O. The third-order valence-corrected chi connectivity index (χ3v) is 5.60. The minimum Gasteiger partial charge on any atom is -0.294 e. The lowest BCUT2D eigenvalue weighted by molar-refractivity contribution is 0.0979. The molecule has 1 nitrogen and oxygen atoms in total. The standard InChI is InChI=1S/C26H44O/c1-3-5-7-9-10-11-12-13-15-16-18-24-20-22-25(23-21-24)26(27)19-17-14-8-6-4-2/h20-23H,3-19H2,1-2H3. The van der Waals surface area contributed by atoms with Gasteiger partial charge in [0.2, 0.25) is 0 Å². The fourth-order valence-corrected chi connectivity index (χ4v) is 3.71. The second-order valence-corrected chi connectivity index (χ2v) is 8.22. The highest BCUT2D eigenvalue weighted by atomic mass is 16.1. The Bertz CT molecular complexity index is 460. The van der Waals surface area contributed by atoms with Gasteiger partial charge in [-0.2, -0.15) is 0 Å². The van der Waals surface area contributed by atoms with Gasteiger partial charge in [-0.15, -0.1) is 0 Å². The van der Waals surface area contributed by atoms with Crippen molar-refractivity contribution in [2.45, 2.75) is 123 Å². The van der Waals surface area contributed by atoms with Crippen molar-refractivity contribution in [2.75, 3.05) is 0 Å². The van der Waals surface area contributed by atoms with E-state index in [4.69, 9.17) is 0 Å². The second-order valence-electron chi connectivity index (χ2n) is 8.22. The van der Waals surface area contributed by atoms with Crippen molar-refractivity contribution < 1.29 is 4.79 Å². The van der Waals surface area contributed by atoms with E-state index in [1.165, 1.54) is 95.5 Å². The number of ketones is 1. The van der Waals surface area contributed by atoms with Crippen molar-refractivity contribution in [2.24, 2.45) is 0 Å². The Morgan fingerprint density at radius 3 is 1.56 bits per heavy atom. The van der Waals surface area contributed by atoms with Gasteiger partial charge in [-0.25, -0.2) is 0 Å². The molecule has 0 spiro atoms. The first-order valence-corrected chi connectivity index (χ1v) is 11.9. The van der Waals surface area contributed by atoms with Gasteiger partial charge >= 0.3 is 0 Å². The molecule has 1 rings (SSSR count). The molecule has 154 valence electrons. The summed E-state index contributed by atoms with van der Waals surface area (Å²) in [7, 11) is 0. The number of benzene rings is 1. The molecule has 0 radical (unpaired) electrons. The highest BCUT2D eigenvalue weighted by molar-refractivity contribution is 5.96. The highest BCUT2D eigenvalue weighted by Gasteiger charge is 2.05. The van der Waals surface area contributed by atoms with Gasteiger partial charge in [-0.3, -0.25) is 4.79 Å². The summed E-state index contributed by atoms with van der Waals surface area (Å²) in [6.45, 7) is 4.50. The number of carbonyl (C=O) groups excluding carboxylic acids is 1. The predicted octanol–water partition coefficient (Wildman–Crippen LogP) is 8.69. The lowest BCUT2D eigenvalue weighted by atomic mass is 10.00. The molecule has 0 fully saturated rings. The third-order valence-electron chi connectivity index (χ3n) is 5.60. The lowest BCUT2D eigenvalue weighted by Crippen LogP contribution is -1.99. The number of rotatable bonds is 18. The molecular weight excluding hydrogens is 328 g/mol. The Morgan fingerprint density at radius 1 is 0.593 bits per heavy atom. The van der Waals surface area contributed by atoms with E-state index < -0.39 is 0 Å². The highest BCUT2D eigenvalue weighted by Crippen LogP contribution is 2.15. The van der Waals surface area contributed by atoms with E-state index in [9.17, 15) is 4.79 Å². The maximum atomic E-state index is 12.2. The molecule has 0 heterocycles. The van der Waals surface area contributed by atoms with Crippen molar-refractivity contribution in [3.63, 3.8) is 0 Å². The van der Waals surface area contributed by atoms with Crippen LogP contribution in [-0.4, -0.2) is 5.78 Å². The largest absolute Gasteiger partial charge is 0.294 e. The summed E-state index contributed by atoms with van der Waals surface area (Å²) < 4.78 is 0. The van der Waals surface area contributed by atoms with E-state index in [-0.39, 0.29) is 0 Å². The summed E-state index contributed by atoms with van der Waals surface area (Å²) in [4.78, 5) is 12.2. The maximum Gasteiger partial charge on any atom is 0.162 e. The van der Waals surface area contributed by atoms with Crippen LogP contribution in [0.5, 0.6) is 0 Å². The first-order chi connectivity index (χ1) is 13.3. The van der Waals surface area contributed by atoms with Crippen LogP contribution in [-0.2, 0) is 6.42 Å². The monoisotopic (exact) mass is 372 g/mol. The van der Waals surface area contributed by atoms with Crippen molar-refractivity contribution >= 4 is 5.78 Å². The molecule has 0 aliphatic carbocycles. The Kier molecular flexibility index (Phi) is 15.1. The minimum atomic E-state index is 0.317. The van der Waals surface area contributed by atoms with Gasteiger partial charge in [-0.1, -0.05) is 122 Å². The van der Waals surface area contributed by atoms with Gasteiger partial charge in [0.15, 0.2) is 5.78 Å². The molecule has 0 aliphatic heterocycles. The first-order valence-electron chi connectivity index (χ1n) is 11.9. The van der Waals surface area contributed by atoms with Crippen LogP contribution in [0.2, 0.25) is 0 Å². The Morgan fingerprint density at radius 2 is 1.04 bits per heavy atom. The lowest BCUT2D eigenvalue weighted by Gasteiger charge is -2.05. The van der Waals surface area contributed by atoms with Crippen LogP contribution in [0.4, 0.5) is 0 Å². The van der Waals surface area contributed by atoms with Gasteiger partial charge in [0, 0.05) is 12.0 Å². The average molecular weight is 373 g/mol. The fraction of sp³-hybridized carbons (Fsp3) is 0.731. The first kappa shape index (κ1) is 23.9. The number of hydrogen-bond acceptors (Lipinski definition) is 1. The molecule has 0 aromatic heterocycles. The smallest absolute Gasteiger partial charge is 0.162 e. The molecule has 0 bridgehead atoms. The zero-order valence-corrected chi connectivity index (χ0v) is 18.2. The summed E-state index contributed by atoms with van der Waals surface area (Å²) in [6.07, 6.45) is 21.8. The van der Waals surface area contributed by atoms with E-state index >= 15 is 0 Å². The summed E-state index contributed by atoms with van der Waals surface area (Å²) in [5.41, 5.74) is 2.28. The third kappa shape index (κ3) is 12.8. The summed E-state index contributed by atoms with van der Waals surface area (Å²) in [5, 5.41) is 0. The van der Waals surface area contributed by atoms with Crippen LogP contribution < -0.4 is 0 Å². The predicted molar refractivity (Wildman–Crippen MR) is 120 cm³/mol. The Balaban J connectivity index is 2.06. The molecule has 1 aromatic rings. The van der Waals surface area contributed by atoms with Crippen LogP contribution in [0.1, 0.15) is 133 Å². The number of carbonyl (C=O) groups is 1. The van der Waals surface area contributed by atoms with Gasteiger partial charge in [-0.05, 0) is 24.8 Å². The van der Waals surface area contributed by atoms with E-state index in [2.05, 4.69) is 26.0 Å². The van der Waals surface area contributed by atoms with Crippen LogP contribution in [0.3, 0.4) is 0 Å². The van der Waals surface area contributed by atoms with Gasteiger partial charge in [0.25, 0.3) is 0 Å². The SMILES string of the molecule is CCCCCCCCCCCCc1ccc(C(=O)CCCCCCC)cc1. The normalized spacial score (nSPS) is 11.0. The molecule has 0 unspecified atom stereocenters. The Hall–Kier alpha value is -1.11. The molecule has 1 heteroatoms. The quantitative estimate of drug-likeness (QED) is 0.186. The molecule has 0 saturated heterocycles. The van der Waals surface area contributed by atoms with E-state index in [1.807, 2.05) is 12.1 Å². The van der Waals surface area contributed by atoms with E-state index in [1.54, 1.807) is 0 Å². The van der Waals surface area contributed by atoms with Crippen molar-refractivity contribution in [3.8, 4) is 0 Å². The number of Topliss-reactive ketones (excluding diaryl/α,β-unsaturated/α-hetero) is 1. The summed E-state index contributed by atoms with van der Waals surface area (Å²) >= 11 is 0. The number of aryl methyl sites for hydroxylation is 1. The topological polar surface area (TPSA) is 17.1 Å². The van der Waals surface area contributed by atoms with Crippen LogP contribution in [0, 0.1) is 0 Å².